The molecule has 1 fully saturated rings. The number of hydrogen-bond acceptors (Lipinski definition) is 4. The van der Waals surface area contributed by atoms with E-state index >= 15 is 0 Å². The fraction of sp³-hybridized carbons (Fsp3) is 0.600. The van der Waals surface area contributed by atoms with Gasteiger partial charge in [-0.25, -0.2) is 13.1 Å². The van der Waals surface area contributed by atoms with Gasteiger partial charge in [-0.3, -0.25) is 0 Å². The molecule has 1 aromatic rings. The van der Waals surface area contributed by atoms with Gasteiger partial charge in [-0.2, -0.15) is 0 Å². The van der Waals surface area contributed by atoms with Crippen molar-refractivity contribution in [2.45, 2.75) is 50.0 Å². The molecule has 1 aliphatic carbocycles. The normalized spacial score (nSPS) is 18.4. The first kappa shape index (κ1) is 16.1. The van der Waals surface area contributed by atoms with Crippen LogP contribution in [-0.2, 0) is 10.0 Å². The van der Waals surface area contributed by atoms with Crippen molar-refractivity contribution in [2.75, 3.05) is 18.1 Å². The van der Waals surface area contributed by atoms with E-state index in [0.717, 1.165) is 5.69 Å². The standard InChI is InChI=1S/C15H25N3O2S/c1-11(12-6-4-3-5-7-12)18-15-9-8-13(10-14(15)16)21(19,20)17-2/h8-12,17-18H,3-7,16H2,1-2H3. The van der Waals surface area contributed by atoms with Gasteiger partial charge in [0.1, 0.15) is 0 Å². The second kappa shape index (κ2) is 6.66. The first-order valence-electron chi connectivity index (χ1n) is 7.53. The third-order valence-electron chi connectivity index (χ3n) is 4.34. The highest BCUT2D eigenvalue weighted by Gasteiger charge is 2.21. The fourth-order valence-electron chi connectivity index (χ4n) is 2.95. The molecule has 0 heterocycles. The van der Waals surface area contributed by atoms with Crippen LogP contribution in [0.4, 0.5) is 11.4 Å². The molecule has 4 N–H and O–H groups in total. The Hall–Kier alpha value is -1.27. The summed E-state index contributed by atoms with van der Waals surface area (Å²) in [5.74, 6) is 0.666. The maximum Gasteiger partial charge on any atom is 0.240 e. The van der Waals surface area contributed by atoms with Crippen LogP contribution >= 0.6 is 0 Å². The van der Waals surface area contributed by atoms with E-state index in [9.17, 15) is 8.42 Å². The fourth-order valence-corrected chi connectivity index (χ4v) is 3.72. The first-order chi connectivity index (χ1) is 9.94. The van der Waals surface area contributed by atoms with Gasteiger partial charge in [-0.05, 0) is 50.9 Å². The van der Waals surface area contributed by atoms with Crippen LogP contribution in [0, 0.1) is 5.92 Å². The van der Waals surface area contributed by atoms with Gasteiger partial charge in [0.25, 0.3) is 0 Å². The van der Waals surface area contributed by atoms with Gasteiger partial charge in [-0.1, -0.05) is 19.3 Å². The molecular weight excluding hydrogens is 286 g/mol. The molecule has 0 bridgehead atoms. The van der Waals surface area contributed by atoms with E-state index in [0.29, 0.717) is 17.6 Å². The summed E-state index contributed by atoms with van der Waals surface area (Å²) in [5.41, 5.74) is 7.27. The lowest BCUT2D eigenvalue weighted by Crippen LogP contribution is -2.28. The lowest BCUT2D eigenvalue weighted by Gasteiger charge is -2.29. The van der Waals surface area contributed by atoms with Crippen molar-refractivity contribution in [3.63, 3.8) is 0 Å². The Labute approximate surface area is 127 Å². The summed E-state index contributed by atoms with van der Waals surface area (Å²) in [6, 6.07) is 5.18. The molecule has 1 aliphatic rings. The van der Waals surface area contributed by atoms with Crippen molar-refractivity contribution in [3.8, 4) is 0 Å². The Bertz CT molecular complexity index is 581. The van der Waals surface area contributed by atoms with Crippen molar-refractivity contribution in [3.05, 3.63) is 18.2 Å². The second-order valence-electron chi connectivity index (χ2n) is 5.79. The molecule has 1 saturated carbocycles. The van der Waals surface area contributed by atoms with E-state index in [4.69, 9.17) is 5.73 Å². The van der Waals surface area contributed by atoms with E-state index in [2.05, 4.69) is 17.0 Å². The summed E-state index contributed by atoms with van der Waals surface area (Å²) in [6.07, 6.45) is 6.43. The molecule has 1 aromatic carbocycles. The predicted octanol–water partition coefficient (Wildman–Crippen LogP) is 2.56. The lowest BCUT2D eigenvalue weighted by atomic mass is 9.84. The summed E-state index contributed by atoms with van der Waals surface area (Å²) >= 11 is 0. The largest absolute Gasteiger partial charge is 0.397 e. The molecule has 5 nitrogen and oxygen atoms in total. The Morgan fingerprint density at radius 3 is 2.48 bits per heavy atom. The van der Waals surface area contributed by atoms with E-state index in [-0.39, 0.29) is 4.90 Å². The van der Waals surface area contributed by atoms with Crippen LogP contribution in [0.5, 0.6) is 0 Å². The molecule has 1 unspecified atom stereocenters. The quantitative estimate of drug-likeness (QED) is 0.730. The van der Waals surface area contributed by atoms with E-state index in [1.54, 1.807) is 12.1 Å². The molecule has 0 aliphatic heterocycles. The van der Waals surface area contributed by atoms with E-state index < -0.39 is 10.0 Å². The molecule has 0 saturated heterocycles. The Morgan fingerprint density at radius 1 is 1.24 bits per heavy atom. The molecule has 0 radical (unpaired) electrons. The molecule has 0 aromatic heterocycles. The molecule has 1 atom stereocenters. The SMILES string of the molecule is CNS(=O)(=O)c1ccc(NC(C)C2CCCCC2)c(N)c1. The molecule has 0 spiro atoms. The topological polar surface area (TPSA) is 84.2 Å². The average Bonchev–Trinajstić information content (AvgIpc) is 2.50. The number of anilines is 2. The minimum atomic E-state index is -3.44. The zero-order chi connectivity index (χ0) is 15.5. The van der Waals surface area contributed by atoms with Crippen LogP contribution in [0.1, 0.15) is 39.0 Å². The van der Waals surface area contributed by atoms with Gasteiger partial charge in [0.05, 0.1) is 16.3 Å². The van der Waals surface area contributed by atoms with Crippen molar-refractivity contribution in [1.29, 1.82) is 0 Å². The van der Waals surface area contributed by atoms with Gasteiger partial charge in [-0.15, -0.1) is 0 Å². The first-order valence-corrected chi connectivity index (χ1v) is 9.02. The number of benzene rings is 1. The van der Waals surface area contributed by atoms with Crippen molar-refractivity contribution in [1.82, 2.24) is 4.72 Å². The molecule has 21 heavy (non-hydrogen) atoms. The predicted molar refractivity (Wildman–Crippen MR) is 86.8 cm³/mol. The van der Waals surface area contributed by atoms with Crippen LogP contribution in [0.15, 0.2) is 23.1 Å². The molecule has 2 rings (SSSR count). The maximum atomic E-state index is 11.7. The van der Waals surface area contributed by atoms with Gasteiger partial charge in [0.15, 0.2) is 0 Å². The molecule has 0 amide bonds. The van der Waals surface area contributed by atoms with Crippen molar-refractivity contribution >= 4 is 21.4 Å². The van der Waals surface area contributed by atoms with Crippen molar-refractivity contribution < 1.29 is 8.42 Å². The third kappa shape index (κ3) is 3.89. The van der Waals surface area contributed by atoms with Crippen LogP contribution in [0.25, 0.3) is 0 Å². The number of rotatable bonds is 5. The third-order valence-corrected chi connectivity index (χ3v) is 5.75. The Kier molecular flexibility index (Phi) is 5.11. The monoisotopic (exact) mass is 311 g/mol. The number of nitrogens with two attached hydrogens (primary N) is 1. The number of nitrogens with one attached hydrogen (secondary N) is 2. The molecular formula is C15H25N3O2S. The number of nitrogen functional groups attached to an aromatic ring is 1. The molecule has 118 valence electrons. The van der Waals surface area contributed by atoms with Gasteiger partial charge in [0, 0.05) is 6.04 Å². The van der Waals surface area contributed by atoms with Crippen LogP contribution in [0.3, 0.4) is 0 Å². The summed E-state index contributed by atoms with van der Waals surface area (Å²) in [5, 5.41) is 3.44. The highest BCUT2D eigenvalue weighted by atomic mass is 32.2. The maximum absolute atomic E-state index is 11.7. The summed E-state index contributed by atoms with van der Waals surface area (Å²) < 4.78 is 25.8. The van der Waals surface area contributed by atoms with E-state index in [1.165, 1.54) is 45.2 Å². The lowest BCUT2D eigenvalue weighted by molar-refractivity contribution is 0.328. The van der Waals surface area contributed by atoms with Gasteiger partial charge < -0.3 is 11.1 Å². The van der Waals surface area contributed by atoms with Crippen molar-refractivity contribution in [2.24, 2.45) is 5.92 Å². The van der Waals surface area contributed by atoms with Gasteiger partial charge in [0.2, 0.25) is 10.0 Å². The van der Waals surface area contributed by atoms with Crippen LogP contribution in [-0.4, -0.2) is 21.5 Å². The highest BCUT2D eigenvalue weighted by Crippen LogP contribution is 2.30. The number of sulfonamides is 1. The summed E-state index contributed by atoms with van der Waals surface area (Å²) in [7, 11) is -2.05. The van der Waals surface area contributed by atoms with Gasteiger partial charge >= 0.3 is 0 Å². The average molecular weight is 311 g/mol. The highest BCUT2D eigenvalue weighted by molar-refractivity contribution is 7.89. The summed E-state index contributed by atoms with van der Waals surface area (Å²) in [6.45, 7) is 2.17. The van der Waals surface area contributed by atoms with Crippen LogP contribution < -0.4 is 15.8 Å². The Balaban J connectivity index is 2.10. The second-order valence-corrected chi connectivity index (χ2v) is 7.67. The number of hydrogen-bond donors (Lipinski definition) is 3. The van der Waals surface area contributed by atoms with Crippen LogP contribution in [0.2, 0.25) is 0 Å². The molecule has 6 heteroatoms. The zero-order valence-corrected chi connectivity index (χ0v) is 13.5. The summed E-state index contributed by atoms with van der Waals surface area (Å²) in [4.78, 5) is 0.193. The van der Waals surface area contributed by atoms with E-state index in [1.807, 2.05) is 0 Å². The smallest absolute Gasteiger partial charge is 0.240 e. The minimum Gasteiger partial charge on any atom is -0.397 e. The zero-order valence-electron chi connectivity index (χ0n) is 12.7. The Morgan fingerprint density at radius 2 is 1.90 bits per heavy atom. The minimum absolute atomic E-state index is 0.193.